The molecular weight excluding hydrogens is 137 g/mol. The van der Waals surface area contributed by atoms with Crippen molar-refractivity contribution in [2.45, 2.75) is 24.1 Å². The summed E-state index contributed by atoms with van der Waals surface area (Å²) in [6, 6.07) is 0.0350. The fraction of sp³-hybridized carbons (Fsp3) is 0.667. The van der Waals surface area contributed by atoms with Crippen LogP contribution in [-0.2, 0) is 0 Å². The van der Waals surface area contributed by atoms with Gasteiger partial charge in [-0.15, -0.1) is 0 Å². The van der Waals surface area contributed by atoms with Crippen LogP contribution in [0.2, 0.25) is 0 Å². The Morgan fingerprint density at radius 2 is 2.44 bits per heavy atom. The molecule has 1 nitrogen and oxygen atoms in total. The second-order valence-corrected chi connectivity index (χ2v) is 2.90. The first kappa shape index (κ1) is 7.09. The van der Waals surface area contributed by atoms with Crippen LogP contribution in [0, 0.1) is 0 Å². The minimum absolute atomic E-state index is 0.0350. The Morgan fingerprint density at radius 3 is 2.89 bits per heavy atom. The van der Waals surface area contributed by atoms with Crippen LogP contribution in [-0.4, -0.2) is 11.3 Å². The first-order chi connectivity index (χ1) is 4.20. The van der Waals surface area contributed by atoms with E-state index in [1.807, 2.05) is 0 Å². The van der Waals surface area contributed by atoms with Crippen molar-refractivity contribution in [3.8, 4) is 0 Å². The van der Waals surface area contributed by atoms with Crippen LogP contribution in [0.3, 0.4) is 0 Å². The minimum atomic E-state index is -0.0845. The molecule has 1 unspecified atom stereocenters. The Labute approximate surface area is 59.5 Å². The molecule has 0 spiro atoms. The zero-order valence-electron chi connectivity index (χ0n) is 5.05. The Morgan fingerprint density at radius 1 is 1.78 bits per heavy atom. The smallest absolute Gasteiger partial charge is 0.0972 e. The predicted molar refractivity (Wildman–Crippen MR) is 39.2 cm³/mol. The third-order valence-electron chi connectivity index (χ3n) is 1.51. The topological polar surface area (TPSA) is 26.0 Å². The molecule has 0 fully saturated rings. The highest BCUT2D eigenvalue weighted by Gasteiger charge is 2.17. The van der Waals surface area contributed by atoms with Crippen molar-refractivity contribution in [1.29, 1.82) is 0 Å². The average Bonchev–Trinajstić information content (AvgIpc) is 1.80. The van der Waals surface area contributed by atoms with Crippen molar-refractivity contribution in [1.82, 2.24) is 0 Å². The van der Waals surface area contributed by atoms with Crippen molar-refractivity contribution in [3.63, 3.8) is 0 Å². The van der Waals surface area contributed by atoms with Gasteiger partial charge in [0, 0.05) is 17.7 Å². The molecule has 0 saturated heterocycles. The van der Waals surface area contributed by atoms with Crippen molar-refractivity contribution in [2.75, 3.05) is 0 Å². The number of hydrogen-bond acceptors (Lipinski definition) is 2. The van der Waals surface area contributed by atoms with Gasteiger partial charge < -0.3 is 5.73 Å². The number of thiol groups is 1. The zero-order valence-corrected chi connectivity index (χ0v) is 5.94. The molecule has 1 aliphatic carbocycles. The van der Waals surface area contributed by atoms with Gasteiger partial charge in [0.2, 0.25) is 0 Å². The summed E-state index contributed by atoms with van der Waals surface area (Å²) in [6.45, 7) is 0. The van der Waals surface area contributed by atoms with E-state index in [1.165, 1.54) is 6.08 Å². The SMILES string of the molecule is N[C@H]1CCC(F)=CC1S. The number of rotatable bonds is 0. The van der Waals surface area contributed by atoms with Crippen molar-refractivity contribution in [2.24, 2.45) is 5.73 Å². The van der Waals surface area contributed by atoms with Gasteiger partial charge in [-0.3, -0.25) is 0 Å². The van der Waals surface area contributed by atoms with E-state index in [-0.39, 0.29) is 17.1 Å². The molecule has 0 amide bonds. The molecular formula is C6H10FNS. The van der Waals surface area contributed by atoms with E-state index in [2.05, 4.69) is 12.6 Å². The summed E-state index contributed by atoms with van der Waals surface area (Å²) >= 11 is 4.07. The van der Waals surface area contributed by atoms with Crippen LogP contribution in [0.15, 0.2) is 11.9 Å². The van der Waals surface area contributed by atoms with Gasteiger partial charge in [0.25, 0.3) is 0 Å². The summed E-state index contributed by atoms with van der Waals surface area (Å²) in [6.07, 6.45) is 2.69. The van der Waals surface area contributed by atoms with Gasteiger partial charge in [0.1, 0.15) is 0 Å². The summed E-state index contributed by atoms with van der Waals surface area (Å²) in [5.74, 6) is -0.0725. The van der Waals surface area contributed by atoms with Gasteiger partial charge in [0.15, 0.2) is 0 Å². The molecule has 0 aromatic heterocycles. The third kappa shape index (κ3) is 1.69. The second-order valence-electron chi connectivity index (χ2n) is 2.31. The molecule has 1 aliphatic rings. The quantitative estimate of drug-likeness (QED) is 0.496. The van der Waals surface area contributed by atoms with Gasteiger partial charge in [-0.1, -0.05) is 0 Å². The summed E-state index contributed by atoms with van der Waals surface area (Å²) in [7, 11) is 0. The molecule has 0 aromatic carbocycles. The predicted octanol–water partition coefficient (Wildman–Crippen LogP) is 1.26. The molecule has 0 radical (unpaired) electrons. The third-order valence-corrected chi connectivity index (χ3v) is 2.04. The van der Waals surface area contributed by atoms with E-state index in [1.54, 1.807) is 0 Å². The molecule has 0 aliphatic heterocycles. The van der Waals surface area contributed by atoms with Crippen LogP contribution in [0.1, 0.15) is 12.8 Å². The van der Waals surface area contributed by atoms with Crippen LogP contribution in [0.4, 0.5) is 4.39 Å². The highest BCUT2D eigenvalue weighted by atomic mass is 32.1. The molecule has 0 bridgehead atoms. The van der Waals surface area contributed by atoms with Crippen molar-refractivity contribution < 1.29 is 4.39 Å². The summed E-state index contributed by atoms with van der Waals surface area (Å²) in [5, 5.41) is -0.0845. The van der Waals surface area contributed by atoms with Gasteiger partial charge >= 0.3 is 0 Å². The maximum atomic E-state index is 12.4. The Bertz CT molecular complexity index is 135. The lowest BCUT2D eigenvalue weighted by molar-refractivity contribution is 0.501. The summed E-state index contributed by atoms with van der Waals surface area (Å²) in [4.78, 5) is 0. The van der Waals surface area contributed by atoms with Gasteiger partial charge in [-0.25, -0.2) is 4.39 Å². The lowest BCUT2D eigenvalue weighted by Crippen LogP contribution is -2.31. The molecule has 0 saturated carbocycles. The van der Waals surface area contributed by atoms with Crippen LogP contribution in [0.5, 0.6) is 0 Å². The average molecular weight is 147 g/mol. The van der Waals surface area contributed by atoms with Gasteiger partial charge in [-0.2, -0.15) is 12.6 Å². The molecule has 2 N–H and O–H groups in total. The van der Waals surface area contributed by atoms with Crippen LogP contribution < -0.4 is 5.73 Å². The molecule has 9 heavy (non-hydrogen) atoms. The first-order valence-corrected chi connectivity index (χ1v) is 3.51. The second kappa shape index (κ2) is 2.71. The van der Waals surface area contributed by atoms with E-state index in [0.29, 0.717) is 6.42 Å². The van der Waals surface area contributed by atoms with E-state index >= 15 is 0 Å². The van der Waals surface area contributed by atoms with Gasteiger partial charge in [0.05, 0.1) is 5.83 Å². The molecule has 1 rings (SSSR count). The maximum absolute atomic E-state index is 12.4. The van der Waals surface area contributed by atoms with E-state index in [4.69, 9.17) is 5.73 Å². The normalized spacial score (nSPS) is 36.1. The molecule has 0 aromatic rings. The molecule has 0 heterocycles. The molecule has 52 valence electrons. The Kier molecular flexibility index (Phi) is 2.13. The van der Waals surface area contributed by atoms with Crippen LogP contribution in [0.25, 0.3) is 0 Å². The lowest BCUT2D eigenvalue weighted by atomic mass is 10.0. The number of halogens is 1. The number of nitrogens with two attached hydrogens (primary N) is 1. The Hall–Kier alpha value is -0.0200. The fourth-order valence-corrected chi connectivity index (χ4v) is 1.18. The maximum Gasteiger partial charge on any atom is 0.0972 e. The molecule has 3 heteroatoms. The Balaban J connectivity index is 2.58. The highest BCUT2D eigenvalue weighted by Crippen LogP contribution is 2.20. The van der Waals surface area contributed by atoms with Crippen molar-refractivity contribution in [3.05, 3.63) is 11.9 Å². The minimum Gasteiger partial charge on any atom is -0.326 e. The fourth-order valence-electron chi connectivity index (χ4n) is 0.868. The van der Waals surface area contributed by atoms with E-state index in [9.17, 15) is 4.39 Å². The monoisotopic (exact) mass is 147 g/mol. The summed E-state index contributed by atoms with van der Waals surface area (Å²) < 4.78 is 12.4. The first-order valence-electron chi connectivity index (χ1n) is 3.00. The largest absolute Gasteiger partial charge is 0.326 e. The molecule has 2 atom stereocenters. The van der Waals surface area contributed by atoms with Crippen molar-refractivity contribution >= 4 is 12.6 Å². The van der Waals surface area contributed by atoms with Crippen LogP contribution >= 0.6 is 12.6 Å². The standard InChI is InChI=1S/C6H10FNS/c7-4-1-2-5(8)6(9)3-4/h3,5-6,9H,1-2,8H2/t5-,6?/m0/s1. The highest BCUT2D eigenvalue weighted by molar-refractivity contribution is 7.81. The number of allylic oxidation sites excluding steroid dienone is 1. The van der Waals surface area contributed by atoms with E-state index in [0.717, 1.165) is 6.42 Å². The number of hydrogen-bond donors (Lipinski definition) is 2. The lowest BCUT2D eigenvalue weighted by Gasteiger charge is -2.19. The van der Waals surface area contributed by atoms with E-state index < -0.39 is 0 Å². The zero-order chi connectivity index (χ0) is 6.85. The van der Waals surface area contributed by atoms with Gasteiger partial charge in [-0.05, 0) is 12.5 Å². The summed E-state index contributed by atoms with van der Waals surface area (Å²) in [5.41, 5.74) is 5.55.